The molecule has 6 unspecified atom stereocenters. The molecule has 71 heavy (non-hydrogen) atoms. The first-order chi connectivity index (χ1) is 34.9. The van der Waals surface area contributed by atoms with E-state index in [1.165, 1.54) is 39.2 Å². The summed E-state index contributed by atoms with van der Waals surface area (Å²) in [4.78, 5) is 35.3. The van der Waals surface area contributed by atoms with E-state index < -0.39 is 17.7 Å². The van der Waals surface area contributed by atoms with Crippen molar-refractivity contribution in [2.75, 3.05) is 53.3 Å². The third-order valence-electron chi connectivity index (χ3n) is 14.4. The topological polar surface area (TPSA) is 166 Å². The number of nitrogens with zero attached hydrogens (tertiary/aromatic N) is 2. The highest BCUT2D eigenvalue weighted by Gasteiger charge is 2.65. The molecule has 1 aliphatic heterocycles. The lowest BCUT2D eigenvalue weighted by Gasteiger charge is -2.60. The number of rotatable bonds is 34. The maximum Gasteiger partial charge on any atom is 0.239 e. The number of fused-ring (bicyclic) bond motifs is 2. The van der Waals surface area contributed by atoms with Crippen LogP contribution in [0.3, 0.4) is 0 Å². The van der Waals surface area contributed by atoms with Gasteiger partial charge >= 0.3 is 0 Å². The summed E-state index contributed by atoms with van der Waals surface area (Å²) in [6.07, 6.45) is 19.9. The minimum absolute atomic E-state index is 0.00509. The van der Waals surface area contributed by atoms with Crippen molar-refractivity contribution in [3.8, 4) is 23.0 Å². The zero-order valence-corrected chi connectivity index (χ0v) is 42.4. The molecule has 0 aromatic heterocycles. The van der Waals surface area contributed by atoms with Crippen LogP contribution in [0.1, 0.15) is 143 Å². The smallest absolute Gasteiger partial charge is 0.239 e. The summed E-state index contributed by atoms with van der Waals surface area (Å²) in [5.74, 6) is -0.170. The van der Waals surface area contributed by atoms with Gasteiger partial charge in [-0.15, -0.1) is 6.58 Å². The Bertz CT molecular complexity index is 2160. The van der Waals surface area contributed by atoms with E-state index in [2.05, 4.69) is 19.6 Å². The summed E-state index contributed by atoms with van der Waals surface area (Å²) in [5.41, 5.74) is 3.87. The quantitative estimate of drug-likeness (QED) is 0.0226. The first-order valence-electron chi connectivity index (χ1n) is 26.4. The number of methoxy groups -OCH3 is 1. The van der Waals surface area contributed by atoms with Crippen molar-refractivity contribution in [1.82, 2.24) is 4.90 Å². The fourth-order valence-corrected chi connectivity index (χ4v) is 11.0. The highest BCUT2D eigenvalue weighted by molar-refractivity contribution is 6.03. The second-order valence-corrected chi connectivity index (χ2v) is 19.2. The molecule has 6 rings (SSSR count). The molecule has 1 heterocycles. The number of carbonyl (C=O) groups excluding carboxylic acids is 2. The van der Waals surface area contributed by atoms with Crippen LogP contribution in [0.2, 0.25) is 0 Å². The molecule has 13 nitrogen and oxygen atoms in total. The summed E-state index contributed by atoms with van der Waals surface area (Å²) in [7, 11) is 1.52. The number of ether oxygens (including phenoxy) is 5. The Kier molecular flexibility index (Phi) is 22.9. The van der Waals surface area contributed by atoms with Gasteiger partial charge in [-0.2, -0.15) is 0 Å². The number of aliphatic hydroxyl groups excluding tert-OH is 3. The number of hydrogen-bond donors (Lipinski definition) is 3. The molecule has 0 saturated heterocycles. The Labute approximate surface area is 422 Å². The molecule has 13 heteroatoms. The molecule has 1 amide bonds. The number of unbranched alkanes of at least 4 members (excludes halogenated alkanes) is 10. The second kappa shape index (κ2) is 29.5. The fourth-order valence-electron chi connectivity index (χ4n) is 11.0. The predicted molar refractivity (Wildman–Crippen MR) is 276 cm³/mol. The minimum atomic E-state index is -1.44. The van der Waals surface area contributed by atoms with E-state index in [-0.39, 0.29) is 82.9 Å². The van der Waals surface area contributed by atoms with Crippen LogP contribution >= 0.6 is 0 Å². The van der Waals surface area contributed by atoms with Crippen molar-refractivity contribution in [1.29, 1.82) is 0 Å². The zero-order valence-electron chi connectivity index (χ0n) is 42.4. The number of benzene rings is 3. The van der Waals surface area contributed by atoms with Gasteiger partial charge < -0.3 is 48.7 Å². The lowest BCUT2D eigenvalue weighted by Crippen LogP contribution is -2.70. The van der Waals surface area contributed by atoms with Gasteiger partial charge in [0.25, 0.3) is 0 Å². The van der Waals surface area contributed by atoms with Crippen molar-refractivity contribution in [2.45, 2.75) is 140 Å². The summed E-state index contributed by atoms with van der Waals surface area (Å²) >= 11 is 0. The van der Waals surface area contributed by atoms with Crippen LogP contribution in [0.5, 0.6) is 23.0 Å². The standard InChI is InChI=1S/C58H80N2O11/c1-4-6-7-8-9-10-11-12-16-25-55(65)60(30-35-67-36-33-63)54-40-51(59-69-42-43-21-14-13-15-22-43)49-38-44(23-17-19-31-61)48(24-18-20-32-62)56-50-39-47(70-46-26-28-52(66-3)45(37-46)41-64)27-29-53(50)71-58(54,57(49)56)68-34-5-2/h5,13-15,21-22,26-29,37-39,41,44,48,54,56-57,61-63H,2,4,6-12,16-20,23-25,30-36,40,42H2,1,3H3. The van der Waals surface area contributed by atoms with Crippen molar-refractivity contribution in [3.63, 3.8) is 0 Å². The van der Waals surface area contributed by atoms with Gasteiger partial charge in [-0.25, -0.2) is 0 Å². The number of aliphatic hydroxyl groups is 3. The van der Waals surface area contributed by atoms with Gasteiger partial charge in [-0.1, -0.05) is 119 Å². The molecule has 3 aliphatic rings. The van der Waals surface area contributed by atoms with E-state index >= 15 is 4.79 Å². The third-order valence-corrected chi connectivity index (χ3v) is 14.4. The highest BCUT2D eigenvalue weighted by atomic mass is 16.7. The normalized spacial score (nSPS) is 21.6. The SMILES string of the molecule is C=CCOC12Oc3ccc(Oc4ccc(OC)c(C=O)c4)cc3C3C(CCCCO)C(CCCCO)C=C(C(=NOCc4ccccc4)CC1N(CCOCCO)C(=O)CCCCCCCCCCC)C32. The summed E-state index contributed by atoms with van der Waals surface area (Å²) in [6, 6.07) is 20.1. The average molecular weight is 981 g/mol. The van der Waals surface area contributed by atoms with E-state index in [0.29, 0.717) is 53.5 Å². The van der Waals surface area contributed by atoms with Crippen LogP contribution in [-0.2, 0) is 25.7 Å². The van der Waals surface area contributed by atoms with Gasteiger partial charge in [0.15, 0.2) is 6.29 Å². The van der Waals surface area contributed by atoms with E-state index in [9.17, 15) is 20.1 Å². The molecule has 0 radical (unpaired) electrons. The molecule has 3 aromatic carbocycles. The first-order valence-corrected chi connectivity index (χ1v) is 26.4. The molecule has 6 atom stereocenters. The van der Waals surface area contributed by atoms with Crippen LogP contribution in [-0.4, -0.2) is 103 Å². The van der Waals surface area contributed by atoms with E-state index in [0.717, 1.165) is 74.4 Å². The summed E-state index contributed by atoms with van der Waals surface area (Å²) in [6.45, 7) is 7.25. The maximum absolute atomic E-state index is 15.1. The third kappa shape index (κ3) is 14.8. The molecular weight excluding hydrogens is 901 g/mol. The molecule has 1 fully saturated rings. The minimum Gasteiger partial charge on any atom is -0.496 e. The van der Waals surface area contributed by atoms with Gasteiger partial charge in [0.1, 0.15) is 35.6 Å². The van der Waals surface area contributed by atoms with Crippen LogP contribution in [0.25, 0.3) is 0 Å². The number of aldehydes is 1. The van der Waals surface area contributed by atoms with Crippen LogP contribution in [0.4, 0.5) is 0 Å². The largest absolute Gasteiger partial charge is 0.496 e. The summed E-state index contributed by atoms with van der Waals surface area (Å²) in [5, 5.41) is 34.8. The number of allylic oxidation sites excluding steroid dienone is 1. The Morgan fingerprint density at radius 1 is 0.859 bits per heavy atom. The van der Waals surface area contributed by atoms with Gasteiger partial charge in [0.2, 0.25) is 11.7 Å². The monoisotopic (exact) mass is 981 g/mol. The zero-order chi connectivity index (χ0) is 50.3. The molecule has 0 bridgehead atoms. The predicted octanol–water partition coefficient (Wildman–Crippen LogP) is 10.9. The Morgan fingerprint density at radius 3 is 2.28 bits per heavy atom. The lowest BCUT2D eigenvalue weighted by molar-refractivity contribution is -0.258. The average Bonchev–Trinajstić information content (AvgIpc) is 3.39. The lowest BCUT2D eigenvalue weighted by atomic mass is 9.55. The van der Waals surface area contributed by atoms with Crippen molar-refractivity contribution in [3.05, 3.63) is 108 Å². The number of amides is 1. The highest BCUT2D eigenvalue weighted by Crippen LogP contribution is 2.62. The molecule has 1 saturated carbocycles. The Balaban J connectivity index is 1.50. The number of oxime groups is 1. The van der Waals surface area contributed by atoms with Gasteiger partial charge in [-0.3, -0.25) is 9.59 Å². The Morgan fingerprint density at radius 2 is 1.58 bits per heavy atom. The molecule has 0 spiro atoms. The van der Waals surface area contributed by atoms with Crippen LogP contribution < -0.4 is 14.2 Å². The van der Waals surface area contributed by atoms with Gasteiger partial charge in [0.05, 0.1) is 50.7 Å². The molecular formula is C58H80N2O11. The number of carbonyl (C=O) groups is 2. The molecule has 2 aliphatic carbocycles. The molecule has 3 aromatic rings. The van der Waals surface area contributed by atoms with Gasteiger partial charge in [0, 0.05) is 44.1 Å². The maximum atomic E-state index is 15.1. The van der Waals surface area contributed by atoms with E-state index in [4.69, 9.17) is 33.7 Å². The Hall–Kier alpha value is -5.05. The molecule has 388 valence electrons. The van der Waals surface area contributed by atoms with Crippen molar-refractivity contribution < 1.29 is 53.4 Å². The van der Waals surface area contributed by atoms with Crippen LogP contribution in [0.15, 0.2) is 96.2 Å². The van der Waals surface area contributed by atoms with Crippen molar-refractivity contribution in [2.24, 2.45) is 22.9 Å². The first kappa shape index (κ1) is 55.3. The van der Waals surface area contributed by atoms with Gasteiger partial charge in [-0.05, 0) is 91.5 Å². The van der Waals surface area contributed by atoms with Crippen molar-refractivity contribution >= 4 is 17.9 Å². The molecule has 3 N–H and O–H groups in total. The van der Waals surface area contributed by atoms with E-state index in [1.807, 2.05) is 53.4 Å². The van der Waals surface area contributed by atoms with Crippen LogP contribution in [0, 0.1) is 17.8 Å². The van der Waals surface area contributed by atoms with E-state index in [1.54, 1.807) is 24.3 Å². The fraction of sp³-hybridized carbons (Fsp3) is 0.569. The number of hydrogen-bond acceptors (Lipinski definition) is 12. The summed E-state index contributed by atoms with van der Waals surface area (Å²) < 4.78 is 32.5. The second-order valence-electron chi connectivity index (χ2n) is 19.2.